The van der Waals surface area contributed by atoms with Gasteiger partial charge in [-0.3, -0.25) is 4.90 Å². The van der Waals surface area contributed by atoms with Crippen LogP contribution in [0.3, 0.4) is 0 Å². The molecule has 0 saturated carbocycles. The number of piperazine rings is 1. The van der Waals surface area contributed by atoms with Crippen molar-refractivity contribution in [2.24, 2.45) is 0 Å². The summed E-state index contributed by atoms with van der Waals surface area (Å²) in [6.07, 6.45) is 0.438. The molecule has 3 aromatic rings. The fourth-order valence-corrected chi connectivity index (χ4v) is 8.42. The van der Waals surface area contributed by atoms with E-state index in [1.165, 1.54) is 5.57 Å². The highest BCUT2D eigenvalue weighted by Gasteiger charge is 2.41. The molecule has 7 nitrogen and oxygen atoms in total. The van der Waals surface area contributed by atoms with Gasteiger partial charge in [-0.05, 0) is 90.8 Å². The predicted molar refractivity (Wildman–Crippen MR) is 215 cm³/mol. The smallest absolute Gasteiger partial charge is 0.250 e. The number of benzene rings is 3. The highest BCUT2D eigenvalue weighted by atomic mass is 28.4. The molecule has 6 rings (SSSR count). The van der Waals surface area contributed by atoms with Crippen molar-refractivity contribution in [3.63, 3.8) is 0 Å². The second-order valence-corrected chi connectivity index (χ2v) is 27.0. The Balaban J connectivity index is 1.34. The summed E-state index contributed by atoms with van der Waals surface area (Å²) in [7, 11) is -1.89. The molecule has 0 radical (unpaired) electrons. The molecule has 0 spiro atoms. The van der Waals surface area contributed by atoms with Gasteiger partial charge in [-0.25, -0.2) is 0 Å². The van der Waals surface area contributed by atoms with Crippen molar-refractivity contribution in [2.45, 2.75) is 90.3 Å². The molecule has 0 N–H and O–H groups in total. The number of fused-ring (bicyclic) bond motifs is 4. The number of hydrogen-bond donors (Lipinski definition) is 0. The van der Waals surface area contributed by atoms with Crippen molar-refractivity contribution >= 4 is 27.8 Å². The van der Waals surface area contributed by atoms with Crippen molar-refractivity contribution in [1.29, 1.82) is 0 Å². The Morgan fingerprint density at radius 2 is 1.25 bits per heavy atom. The minimum atomic E-state index is -2.04. The van der Waals surface area contributed by atoms with Gasteiger partial charge in [-0.1, -0.05) is 53.7 Å². The van der Waals surface area contributed by atoms with E-state index in [2.05, 4.69) is 145 Å². The first-order valence-electron chi connectivity index (χ1n) is 18.7. The minimum Gasteiger partial charge on any atom is -0.543 e. The molecule has 1 atom stereocenters. The van der Waals surface area contributed by atoms with Crippen molar-refractivity contribution in [2.75, 3.05) is 53.0 Å². The van der Waals surface area contributed by atoms with Crippen LogP contribution in [0.4, 0.5) is 0 Å². The van der Waals surface area contributed by atoms with Crippen LogP contribution in [0.5, 0.6) is 28.7 Å². The summed E-state index contributed by atoms with van der Waals surface area (Å²) in [5.41, 5.74) is 5.63. The van der Waals surface area contributed by atoms with Crippen LogP contribution in [0, 0.1) is 0 Å². The molecule has 3 aromatic carbocycles. The minimum absolute atomic E-state index is 0.0891. The summed E-state index contributed by atoms with van der Waals surface area (Å²) in [6, 6.07) is 21.2. The Morgan fingerprint density at radius 3 is 1.84 bits per heavy atom. The van der Waals surface area contributed by atoms with Gasteiger partial charge in [0.15, 0.2) is 0 Å². The zero-order chi connectivity index (χ0) is 36.8. The molecule has 9 heteroatoms. The van der Waals surface area contributed by atoms with Crippen LogP contribution in [0.25, 0.3) is 11.1 Å². The lowest BCUT2D eigenvalue weighted by molar-refractivity contribution is 0.133. The summed E-state index contributed by atoms with van der Waals surface area (Å²) in [5, 5.41) is 0.182. The molecule has 3 aliphatic rings. The lowest BCUT2D eigenvalue weighted by atomic mass is 9.84. The maximum absolute atomic E-state index is 7.05. The molecule has 0 aliphatic carbocycles. The third-order valence-corrected chi connectivity index (χ3v) is 20.5. The highest BCUT2D eigenvalue weighted by Crippen LogP contribution is 2.53. The van der Waals surface area contributed by atoms with Gasteiger partial charge in [0.2, 0.25) is 16.6 Å². The van der Waals surface area contributed by atoms with E-state index < -0.39 is 16.6 Å². The molecule has 0 unspecified atom stereocenters. The maximum atomic E-state index is 7.05. The molecular weight excluding hydrogens is 669 g/mol. The Bertz CT molecular complexity index is 1730. The number of nitrogens with zero attached hydrogens (tertiary/aromatic N) is 2. The second kappa shape index (κ2) is 14.3. The number of rotatable bonds is 9. The van der Waals surface area contributed by atoms with Gasteiger partial charge in [0.25, 0.3) is 0 Å². The van der Waals surface area contributed by atoms with Crippen LogP contribution in [0.2, 0.25) is 36.3 Å². The average molecular weight is 729 g/mol. The first kappa shape index (κ1) is 37.5. The topological polar surface area (TPSA) is 52.6 Å². The van der Waals surface area contributed by atoms with E-state index >= 15 is 0 Å². The van der Waals surface area contributed by atoms with Gasteiger partial charge in [-0.15, -0.1) is 0 Å². The average Bonchev–Trinajstić information content (AvgIpc) is 3.24. The third-order valence-electron chi connectivity index (χ3n) is 11.8. The molecule has 0 aromatic heterocycles. The van der Waals surface area contributed by atoms with E-state index in [0.29, 0.717) is 13.2 Å². The van der Waals surface area contributed by atoms with Crippen LogP contribution >= 0.6 is 0 Å². The van der Waals surface area contributed by atoms with Crippen LogP contribution in [-0.2, 0) is 0 Å². The van der Waals surface area contributed by atoms with Crippen LogP contribution < -0.4 is 23.1 Å². The normalized spacial score (nSPS) is 18.8. The van der Waals surface area contributed by atoms with Gasteiger partial charge in [0, 0.05) is 68.0 Å². The Labute approximate surface area is 309 Å². The molecule has 276 valence electrons. The zero-order valence-corrected chi connectivity index (χ0v) is 34.9. The maximum Gasteiger partial charge on any atom is 0.250 e. The predicted octanol–water partition coefficient (Wildman–Crippen LogP) is 9.91. The molecule has 1 fully saturated rings. The van der Waals surface area contributed by atoms with Crippen molar-refractivity contribution in [3.8, 4) is 28.7 Å². The van der Waals surface area contributed by atoms with Crippen LogP contribution in [-0.4, -0.2) is 79.4 Å². The fraction of sp³-hybridized carbons (Fsp3) is 0.524. The Morgan fingerprint density at radius 1 is 0.706 bits per heavy atom. The number of ether oxygens (including phenoxy) is 3. The molecule has 1 saturated heterocycles. The summed E-state index contributed by atoms with van der Waals surface area (Å²) in [6.45, 7) is 29.3. The summed E-state index contributed by atoms with van der Waals surface area (Å²) in [5.74, 6) is 4.30. The van der Waals surface area contributed by atoms with Crippen LogP contribution in [0.1, 0.15) is 70.8 Å². The van der Waals surface area contributed by atoms with Gasteiger partial charge in [0.05, 0.1) is 6.61 Å². The summed E-state index contributed by atoms with van der Waals surface area (Å²) < 4.78 is 33.3. The Kier molecular flexibility index (Phi) is 10.5. The highest BCUT2D eigenvalue weighted by molar-refractivity contribution is 6.75. The summed E-state index contributed by atoms with van der Waals surface area (Å²) >= 11 is 0. The molecule has 0 amide bonds. The zero-order valence-electron chi connectivity index (χ0n) is 32.9. The molecule has 0 bridgehead atoms. The summed E-state index contributed by atoms with van der Waals surface area (Å²) in [4.78, 5) is 4.86. The SMILES string of the molecule is CN1CCN(CCOc2ccc([C@@H]3Oc4cc(O[Si](C)(C)C(C)(C)C)ccc4C4=C3c3ccc(O[Si](C)(C)C(C)(C)C)cc3OCC4)cc2)CC1. The van der Waals surface area contributed by atoms with Gasteiger partial charge in [-0.2, -0.15) is 0 Å². The molecule has 3 aliphatic heterocycles. The van der Waals surface area contributed by atoms with E-state index in [1.54, 1.807) is 0 Å². The van der Waals surface area contributed by atoms with Gasteiger partial charge >= 0.3 is 0 Å². The molecular formula is C42H60N2O5Si2. The Hall–Kier alpha value is -3.25. The number of hydrogen-bond acceptors (Lipinski definition) is 7. The van der Waals surface area contributed by atoms with E-state index in [-0.39, 0.29) is 16.2 Å². The van der Waals surface area contributed by atoms with Crippen molar-refractivity contribution in [3.05, 3.63) is 77.4 Å². The largest absolute Gasteiger partial charge is 0.543 e. The number of likely N-dealkylation sites (N-methyl/N-ethyl adjacent to an activating group) is 1. The molecule has 3 heterocycles. The lowest BCUT2D eigenvalue weighted by Gasteiger charge is -2.37. The quantitative estimate of drug-likeness (QED) is 0.203. The third kappa shape index (κ3) is 8.22. The van der Waals surface area contributed by atoms with E-state index in [0.717, 1.165) is 90.2 Å². The second-order valence-electron chi connectivity index (χ2n) is 17.6. The standard InChI is InChI=1S/C42H60N2O5Si2/c1-41(2,3)50(8,9)48-32-17-19-36-37(28-32)46-26-20-35-34-18-16-33(49-51(10,11)42(4,5)6)29-38(34)47-40(39(35)36)30-12-14-31(15-13-30)45-27-25-44-23-21-43(7)22-24-44/h12-19,28-29,40H,20-27H2,1-11H3/t40-/m0/s1. The van der Waals surface area contributed by atoms with Crippen molar-refractivity contribution < 1.29 is 23.1 Å². The molecule has 51 heavy (non-hydrogen) atoms. The van der Waals surface area contributed by atoms with Gasteiger partial charge < -0.3 is 28.0 Å². The van der Waals surface area contributed by atoms with E-state index in [9.17, 15) is 0 Å². The fourth-order valence-electron chi connectivity index (χ4n) is 6.38. The monoisotopic (exact) mass is 728 g/mol. The first-order chi connectivity index (χ1) is 23.9. The van der Waals surface area contributed by atoms with Crippen LogP contribution in [0.15, 0.2) is 60.7 Å². The van der Waals surface area contributed by atoms with Gasteiger partial charge in [0.1, 0.15) is 41.5 Å². The first-order valence-corrected chi connectivity index (χ1v) is 24.6. The lowest BCUT2D eigenvalue weighted by Crippen LogP contribution is -2.45. The van der Waals surface area contributed by atoms with E-state index in [4.69, 9.17) is 23.1 Å². The van der Waals surface area contributed by atoms with E-state index in [1.807, 2.05) is 0 Å². The van der Waals surface area contributed by atoms with Crippen molar-refractivity contribution in [1.82, 2.24) is 9.80 Å².